The van der Waals surface area contributed by atoms with Gasteiger partial charge in [-0.25, -0.2) is 15.0 Å². The predicted octanol–water partition coefficient (Wildman–Crippen LogP) is 3.36. The summed E-state index contributed by atoms with van der Waals surface area (Å²) >= 11 is 1.22. The van der Waals surface area contributed by atoms with E-state index in [2.05, 4.69) is 20.3 Å². The number of nitrogens with one attached hydrogen (secondary N) is 1. The van der Waals surface area contributed by atoms with E-state index in [0.29, 0.717) is 31.9 Å². The Bertz CT molecular complexity index is 1180. The minimum Gasteiger partial charge on any atom is -0.372 e. The summed E-state index contributed by atoms with van der Waals surface area (Å²) in [6.45, 7) is 0. The fraction of sp³-hybridized carbons (Fsp3) is 0.125. The number of fused-ring (bicyclic) bond motifs is 3. The van der Waals surface area contributed by atoms with Crippen molar-refractivity contribution in [3.63, 3.8) is 0 Å². The van der Waals surface area contributed by atoms with Gasteiger partial charge in [0.2, 0.25) is 0 Å². The molecular weight excluding hydrogens is 379 g/mol. The highest BCUT2D eigenvalue weighted by atomic mass is 32.1. The highest BCUT2D eigenvalue weighted by Crippen LogP contribution is 2.35. The van der Waals surface area contributed by atoms with Gasteiger partial charge >= 0.3 is 0 Å². The van der Waals surface area contributed by atoms with Crippen LogP contribution in [0.25, 0.3) is 26.1 Å². The first-order chi connectivity index (χ1) is 12.4. The third-order valence-electron chi connectivity index (χ3n) is 3.95. The number of nitrogens with zero attached hydrogens (tertiary/aromatic N) is 4. The second-order valence-electron chi connectivity index (χ2n) is 5.52. The molecule has 0 aliphatic rings. The van der Waals surface area contributed by atoms with Gasteiger partial charge in [-0.1, -0.05) is 21.4 Å². The topological polar surface area (TPSA) is 72.7 Å². The molecule has 0 bridgehead atoms. The number of hydrogen-bond acceptors (Lipinski definition) is 6. The minimum atomic E-state index is -3.01. The van der Waals surface area contributed by atoms with E-state index < -0.39 is 5.66 Å². The average Bonchev–Trinajstić information content (AvgIpc) is 3.01. The Morgan fingerprint density at radius 1 is 1.19 bits per heavy atom. The van der Waals surface area contributed by atoms with E-state index in [1.807, 2.05) is 0 Å². The fourth-order valence-corrected chi connectivity index (χ4v) is 3.90. The number of benzene rings is 1. The molecule has 0 spiro atoms. The van der Waals surface area contributed by atoms with Gasteiger partial charge in [-0.2, -0.15) is 8.78 Å². The van der Waals surface area contributed by atoms with Crippen LogP contribution in [0.4, 0.5) is 14.6 Å². The van der Waals surface area contributed by atoms with E-state index in [1.165, 1.54) is 62.1 Å². The summed E-state index contributed by atoms with van der Waals surface area (Å²) in [5, 5.41) is 3.66. The van der Waals surface area contributed by atoms with Gasteiger partial charge in [-0.3, -0.25) is 9.36 Å². The number of aromatic nitrogens is 4. The highest BCUT2D eigenvalue weighted by molar-refractivity contribution is 7.25. The summed E-state index contributed by atoms with van der Waals surface area (Å²) in [5.74, 6) is 0.595. The van der Waals surface area contributed by atoms with Gasteiger partial charge < -0.3 is 5.32 Å². The number of hydrogen-bond donors (Lipinski definition) is 1. The Kier molecular flexibility index (Phi) is 3.93. The van der Waals surface area contributed by atoms with Crippen molar-refractivity contribution in [2.24, 2.45) is 0 Å². The maximum Gasteiger partial charge on any atom is 0.283 e. The summed E-state index contributed by atoms with van der Waals surface area (Å²) in [5.41, 5.74) is -2.47. The van der Waals surface area contributed by atoms with E-state index in [0.717, 1.165) is 0 Å². The van der Waals surface area contributed by atoms with Gasteiger partial charge in [0.25, 0.3) is 11.2 Å². The molecule has 4 rings (SSSR count). The maximum absolute atomic E-state index is 13.3. The molecule has 0 fully saturated rings. The first kappa shape index (κ1) is 16.9. The summed E-state index contributed by atoms with van der Waals surface area (Å²) in [4.78, 5) is 26.3. The number of halogens is 2. The molecule has 1 aromatic carbocycles. The lowest BCUT2D eigenvalue weighted by Gasteiger charge is -2.11. The molecule has 1 unspecified atom stereocenters. The van der Waals surface area contributed by atoms with Gasteiger partial charge in [0.05, 0.1) is 11.1 Å². The second kappa shape index (κ2) is 6.03. The van der Waals surface area contributed by atoms with E-state index in [4.69, 9.17) is 0 Å². The molecule has 0 saturated carbocycles. The fourth-order valence-electron chi connectivity index (χ4n) is 2.68. The number of alkyl halides is 2. The Labute approximate surface area is 152 Å². The van der Waals surface area contributed by atoms with Crippen LogP contribution in [0.15, 0.2) is 41.7 Å². The predicted molar refractivity (Wildman–Crippen MR) is 101 cm³/mol. The second-order valence-corrected chi connectivity index (χ2v) is 7.25. The van der Waals surface area contributed by atoms with Gasteiger partial charge in [0.1, 0.15) is 33.5 Å². The molecule has 26 heavy (non-hydrogen) atoms. The molecule has 3 aromatic heterocycles. The number of anilines is 1. The van der Waals surface area contributed by atoms with Crippen LogP contribution in [-0.4, -0.2) is 26.6 Å². The van der Waals surface area contributed by atoms with Gasteiger partial charge in [-0.15, -0.1) is 11.3 Å². The van der Waals surface area contributed by atoms with Crippen LogP contribution in [0, 0.1) is 0 Å². The molecule has 6 nitrogen and oxygen atoms in total. The zero-order valence-electron chi connectivity index (χ0n) is 13.4. The Morgan fingerprint density at radius 3 is 2.58 bits per heavy atom. The summed E-state index contributed by atoms with van der Waals surface area (Å²) in [7, 11) is 3.22. The maximum atomic E-state index is 13.3. The molecule has 132 valence electrons. The Morgan fingerprint density at radius 2 is 1.92 bits per heavy atom. The average molecular weight is 391 g/mol. The van der Waals surface area contributed by atoms with Crippen LogP contribution < -0.4 is 10.9 Å². The first-order valence-electron chi connectivity index (χ1n) is 7.50. The van der Waals surface area contributed by atoms with E-state index in [1.54, 1.807) is 7.05 Å². The van der Waals surface area contributed by atoms with Crippen LogP contribution in [0.1, 0.15) is 5.56 Å². The Balaban J connectivity index is 1.91. The standard InChI is InChI=1S/C16H12F2N5OPS/c1-19-13-10-11-12(26-14(10)21-6-20-13)15(24)23(7-22-11)9-4-2-8(3-5-9)16(17,18)25/h2-7H,25H2,1H3,(H,19,20,21). The van der Waals surface area contributed by atoms with Gasteiger partial charge in [0, 0.05) is 12.6 Å². The molecule has 4 aromatic rings. The lowest BCUT2D eigenvalue weighted by molar-refractivity contribution is 0.104. The van der Waals surface area contributed by atoms with Crippen LogP contribution in [0.2, 0.25) is 0 Å². The zero-order valence-corrected chi connectivity index (χ0v) is 15.4. The largest absolute Gasteiger partial charge is 0.372 e. The molecule has 0 radical (unpaired) electrons. The summed E-state index contributed by atoms with van der Waals surface area (Å²) in [6, 6.07) is 5.51. The summed E-state index contributed by atoms with van der Waals surface area (Å²) in [6.07, 6.45) is 2.81. The Hall–Kier alpha value is -2.51. The number of rotatable bonds is 3. The normalized spacial score (nSPS) is 12.0. The van der Waals surface area contributed by atoms with Crippen molar-refractivity contribution in [3.8, 4) is 5.69 Å². The quantitative estimate of drug-likeness (QED) is 0.542. The molecule has 0 aliphatic heterocycles. The monoisotopic (exact) mass is 391 g/mol. The molecule has 0 saturated heterocycles. The van der Waals surface area contributed by atoms with E-state index >= 15 is 0 Å². The third kappa shape index (κ3) is 2.64. The van der Waals surface area contributed by atoms with E-state index in [9.17, 15) is 13.6 Å². The highest BCUT2D eigenvalue weighted by Gasteiger charge is 2.24. The molecule has 1 atom stereocenters. The first-order valence-corrected chi connectivity index (χ1v) is 8.90. The van der Waals surface area contributed by atoms with Crippen LogP contribution in [0.5, 0.6) is 0 Å². The van der Waals surface area contributed by atoms with Gasteiger partial charge in [-0.05, 0) is 12.1 Å². The van der Waals surface area contributed by atoms with Crippen molar-refractivity contribution in [2.45, 2.75) is 5.66 Å². The van der Waals surface area contributed by atoms with Crippen molar-refractivity contribution in [1.82, 2.24) is 19.5 Å². The van der Waals surface area contributed by atoms with Crippen LogP contribution in [-0.2, 0) is 5.66 Å². The van der Waals surface area contributed by atoms with Gasteiger partial charge in [0.15, 0.2) is 0 Å². The van der Waals surface area contributed by atoms with Crippen LogP contribution in [0.3, 0.4) is 0 Å². The van der Waals surface area contributed by atoms with Crippen molar-refractivity contribution in [3.05, 3.63) is 52.8 Å². The SMILES string of the molecule is CNc1ncnc2sc3c(=O)n(-c4ccc(C(F)(F)P)cc4)cnc3c12. The van der Waals surface area contributed by atoms with Crippen molar-refractivity contribution >= 4 is 46.8 Å². The minimum absolute atomic E-state index is 0.149. The zero-order chi connectivity index (χ0) is 18.5. The summed E-state index contributed by atoms with van der Waals surface area (Å²) < 4.78 is 28.4. The molecular formula is C16H12F2N5OPS. The third-order valence-corrected chi connectivity index (χ3v) is 5.35. The smallest absolute Gasteiger partial charge is 0.283 e. The number of thiophene rings is 1. The van der Waals surface area contributed by atoms with E-state index in [-0.39, 0.29) is 11.1 Å². The molecule has 1 N–H and O–H groups in total. The lowest BCUT2D eigenvalue weighted by atomic mass is 10.2. The lowest BCUT2D eigenvalue weighted by Crippen LogP contribution is -2.18. The van der Waals surface area contributed by atoms with Crippen LogP contribution >= 0.6 is 20.6 Å². The molecule has 0 aliphatic carbocycles. The van der Waals surface area contributed by atoms with Crippen molar-refractivity contribution in [1.29, 1.82) is 0 Å². The van der Waals surface area contributed by atoms with Crippen molar-refractivity contribution in [2.75, 3.05) is 12.4 Å². The molecule has 3 heterocycles. The molecule has 10 heteroatoms. The van der Waals surface area contributed by atoms with Crippen molar-refractivity contribution < 1.29 is 8.78 Å². The molecule has 0 amide bonds.